The van der Waals surface area contributed by atoms with Gasteiger partial charge in [-0.05, 0) is 26.7 Å². The number of thiazole rings is 1. The van der Waals surface area contributed by atoms with Gasteiger partial charge in [0, 0.05) is 24.9 Å². The van der Waals surface area contributed by atoms with E-state index >= 15 is 0 Å². The molecule has 0 unspecified atom stereocenters. The number of alkyl halides is 2. The van der Waals surface area contributed by atoms with Crippen LogP contribution in [0.1, 0.15) is 35.8 Å². The van der Waals surface area contributed by atoms with E-state index in [1.807, 2.05) is 12.3 Å². The summed E-state index contributed by atoms with van der Waals surface area (Å²) in [5.74, 6) is -0.396. The Hall–Kier alpha value is -1.92. The van der Waals surface area contributed by atoms with Crippen molar-refractivity contribution in [1.82, 2.24) is 24.4 Å². The van der Waals surface area contributed by atoms with Crippen LogP contribution in [0.25, 0.3) is 0 Å². The predicted octanol–water partition coefficient (Wildman–Crippen LogP) is 1.86. The Balaban J connectivity index is 1.70. The third kappa shape index (κ3) is 4.08. The predicted molar refractivity (Wildman–Crippen MR) is 98.7 cm³/mol. The minimum Gasteiger partial charge on any atom is -0.354 e. The second-order valence-corrected chi connectivity index (χ2v) is 9.41. The van der Waals surface area contributed by atoms with Crippen molar-refractivity contribution in [3.63, 3.8) is 0 Å². The van der Waals surface area contributed by atoms with Crippen molar-refractivity contribution < 1.29 is 22.0 Å². The molecule has 1 amide bonds. The van der Waals surface area contributed by atoms with Crippen molar-refractivity contribution in [3.8, 4) is 0 Å². The lowest BCUT2D eigenvalue weighted by Crippen LogP contribution is -2.46. The van der Waals surface area contributed by atoms with E-state index in [0.29, 0.717) is 30.5 Å². The topological polar surface area (TPSA) is 97.2 Å². The number of aromatic nitrogens is 3. The highest BCUT2D eigenvalue weighted by molar-refractivity contribution is 7.89. The maximum absolute atomic E-state index is 12.9. The number of carbonyl (C=O) groups is 1. The Bertz CT molecular complexity index is 957. The summed E-state index contributed by atoms with van der Waals surface area (Å²) in [6, 6.07) is -0.864. The summed E-state index contributed by atoms with van der Waals surface area (Å²) in [6.45, 7) is 0.731. The number of hydrogen-bond acceptors (Lipinski definition) is 6. The number of nitrogens with one attached hydrogen (secondary N) is 1. The molecule has 0 aromatic carbocycles. The molecule has 0 bridgehead atoms. The van der Waals surface area contributed by atoms with Crippen molar-refractivity contribution >= 4 is 27.3 Å². The quantitative estimate of drug-likeness (QED) is 0.719. The van der Waals surface area contributed by atoms with Gasteiger partial charge < -0.3 is 5.32 Å². The fourth-order valence-electron chi connectivity index (χ4n) is 3.23. The largest absolute Gasteiger partial charge is 0.354 e. The van der Waals surface area contributed by atoms with Crippen LogP contribution in [0.5, 0.6) is 0 Å². The van der Waals surface area contributed by atoms with Crippen LogP contribution in [0.2, 0.25) is 0 Å². The van der Waals surface area contributed by atoms with Gasteiger partial charge in [0.1, 0.15) is 10.9 Å². The molecule has 12 heteroatoms. The molecule has 2 aromatic heterocycles. The van der Waals surface area contributed by atoms with E-state index < -0.39 is 28.5 Å². The molecule has 3 rings (SSSR count). The van der Waals surface area contributed by atoms with E-state index in [9.17, 15) is 22.0 Å². The number of amides is 1. The molecule has 28 heavy (non-hydrogen) atoms. The molecular weight excluding hydrogens is 412 g/mol. The van der Waals surface area contributed by atoms with E-state index in [0.717, 1.165) is 21.2 Å². The van der Waals surface area contributed by atoms with Crippen LogP contribution in [0.3, 0.4) is 0 Å². The van der Waals surface area contributed by atoms with Crippen LogP contribution < -0.4 is 5.32 Å². The lowest BCUT2D eigenvalue weighted by molar-refractivity contribution is -0.124. The van der Waals surface area contributed by atoms with Gasteiger partial charge in [0.25, 0.3) is 0 Å². The van der Waals surface area contributed by atoms with Gasteiger partial charge >= 0.3 is 6.55 Å². The van der Waals surface area contributed by atoms with Gasteiger partial charge in [-0.25, -0.2) is 18.1 Å². The van der Waals surface area contributed by atoms with Crippen LogP contribution in [0.4, 0.5) is 8.78 Å². The Morgan fingerprint density at radius 3 is 2.79 bits per heavy atom. The van der Waals surface area contributed by atoms with Gasteiger partial charge in [-0.15, -0.1) is 11.3 Å². The average Bonchev–Trinajstić information content (AvgIpc) is 3.34. The normalized spacial score (nSPS) is 18.1. The van der Waals surface area contributed by atoms with Gasteiger partial charge in [-0.2, -0.15) is 18.2 Å². The first-order chi connectivity index (χ1) is 13.2. The molecular formula is C16H21F2N5O3S2. The molecule has 8 nitrogen and oxygen atoms in total. The third-order valence-electron chi connectivity index (χ3n) is 4.62. The fourth-order valence-corrected chi connectivity index (χ4v) is 5.68. The average molecular weight is 434 g/mol. The second-order valence-electron chi connectivity index (χ2n) is 6.49. The van der Waals surface area contributed by atoms with Gasteiger partial charge in [0.05, 0.1) is 22.6 Å². The number of halogens is 2. The number of carbonyl (C=O) groups excluding carboxylic acids is 1. The smallest absolute Gasteiger partial charge is 0.333 e. The lowest BCUT2D eigenvalue weighted by Gasteiger charge is -2.23. The standard InChI is InChI=1S/C16H21F2N5O3S2/c1-10-14(8-20-23(10)16(17)18)28(25,26)22-7-3-4-13(22)15(24)19-6-5-12-9-27-11(2)21-12/h8-9,13,16H,3-7H2,1-2H3,(H,19,24)/t13-/m1/s1. The molecule has 0 saturated carbocycles. The zero-order valence-corrected chi connectivity index (χ0v) is 17.1. The molecule has 1 N–H and O–H groups in total. The molecule has 0 spiro atoms. The lowest BCUT2D eigenvalue weighted by atomic mass is 10.2. The number of rotatable bonds is 7. The summed E-state index contributed by atoms with van der Waals surface area (Å²) in [6.07, 6.45) is 2.36. The highest BCUT2D eigenvalue weighted by Gasteiger charge is 2.41. The molecule has 1 saturated heterocycles. The first kappa shape index (κ1) is 20.8. The maximum atomic E-state index is 12.9. The molecule has 1 atom stereocenters. The van der Waals surface area contributed by atoms with E-state index in [1.54, 1.807) is 0 Å². The monoisotopic (exact) mass is 433 g/mol. The van der Waals surface area contributed by atoms with Crippen molar-refractivity contribution in [1.29, 1.82) is 0 Å². The molecule has 1 aliphatic heterocycles. The summed E-state index contributed by atoms with van der Waals surface area (Å²) in [5.41, 5.74) is 0.716. The Morgan fingerprint density at radius 2 is 2.18 bits per heavy atom. The van der Waals surface area contributed by atoms with Crippen LogP contribution in [-0.2, 0) is 21.2 Å². The Labute approximate surface area is 165 Å². The van der Waals surface area contributed by atoms with Gasteiger partial charge in [-0.3, -0.25) is 4.79 Å². The molecule has 0 aliphatic carbocycles. The number of nitrogens with zero attached hydrogens (tertiary/aromatic N) is 4. The summed E-state index contributed by atoms with van der Waals surface area (Å²) < 4.78 is 53.2. The molecule has 1 aliphatic rings. The van der Waals surface area contributed by atoms with Gasteiger partial charge in [0.15, 0.2) is 0 Å². The minimum absolute atomic E-state index is 0.153. The molecule has 3 heterocycles. The number of aryl methyl sites for hydroxylation is 1. The van der Waals surface area contributed by atoms with E-state index in [-0.39, 0.29) is 17.1 Å². The zero-order chi connectivity index (χ0) is 20.5. The third-order valence-corrected chi connectivity index (χ3v) is 7.46. The van der Waals surface area contributed by atoms with Gasteiger partial charge in [0.2, 0.25) is 15.9 Å². The second kappa shape index (κ2) is 8.21. The highest BCUT2D eigenvalue weighted by atomic mass is 32.2. The van der Waals surface area contributed by atoms with E-state index in [4.69, 9.17) is 0 Å². The molecule has 154 valence electrons. The summed E-state index contributed by atoms with van der Waals surface area (Å²) in [5, 5.41) is 9.07. The first-order valence-corrected chi connectivity index (χ1v) is 11.1. The summed E-state index contributed by atoms with van der Waals surface area (Å²) in [7, 11) is -4.10. The molecule has 2 aromatic rings. The van der Waals surface area contributed by atoms with E-state index in [2.05, 4.69) is 15.4 Å². The molecule has 1 fully saturated rings. The van der Waals surface area contributed by atoms with Gasteiger partial charge in [-0.1, -0.05) is 0 Å². The van der Waals surface area contributed by atoms with Crippen LogP contribution >= 0.6 is 11.3 Å². The van der Waals surface area contributed by atoms with Crippen LogP contribution in [0, 0.1) is 13.8 Å². The SMILES string of the molecule is Cc1nc(CCNC(=O)[C@H]2CCCN2S(=O)(=O)c2cnn(C(F)F)c2C)cs1. The van der Waals surface area contributed by atoms with Crippen molar-refractivity contribution in [2.24, 2.45) is 0 Å². The summed E-state index contributed by atoms with van der Waals surface area (Å²) >= 11 is 1.52. The van der Waals surface area contributed by atoms with Crippen molar-refractivity contribution in [2.75, 3.05) is 13.1 Å². The fraction of sp³-hybridized carbons (Fsp3) is 0.562. The maximum Gasteiger partial charge on any atom is 0.333 e. The Morgan fingerprint density at radius 1 is 1.43 bits per heavy atom. The zero-order valence-electron chi connectivity index (χ0n) is 15.4. The first-order valence-electron chi connectivity index (χ1n) is 8.74. The van der Waals surface area contributed by atoms with Crippen LogP contribution in [-0.4, -0.2) is 52.5 Å². The number of sulfonamides is 1. The Kier molecular flexibility index (Phi) is 6.10. The summed E-state index contributed by atoms with van der Waals surface area (Å²) in [4.78, 5) is 16.6. The van der Waals surface area contributed by atoms with E-state index in [1.165, 1.54) is 18.3 Å². The minimum atomic E-state index is -4.10. The number of hydrogen-bond donors (Lipinski definition) is 1. The highest BCUT2D eigenvalue weighted by Crippen LogP contribution is 2.29. The van der Waals surface area contributed by atoms with Crippen molar-refractivity contribution in [2.45, 2.75) is 50.6 Å². The van der Waals surface area contributed by atoms with Crippen molar-refractivity contribution in [3.05, 3.63) is 28.0 Å². The molecule has 0 radical (unpaired) electrons. The van der Waals surface area contributed by atoms with Crippen LogP contribution in [0.15, 0.2) is 16.5 Å².